The molecule has 0 aliphatic heterocycles. The molecule has 2 aromatic rings. The molecule has 1 amide bonds. The summed E-state index contributed by atoms with van der Waals surface area (Å²) in [7, 11) is 0. The number of carbonyl (C=O) groups is 1. The third kappa shape index (κ3) is 3.32. The van der Waals surface area contributed by atoms with Crippen LogP contribution >= 0.6 is 15.9 Å². The van der Waals surface area contributed by atoms with Crippen molar-refractivity contribution in [2.45, 2.75) is 6.92 Å². The van der Waals surface area contributed by atoms with Crippen molar-refractivity contribution in [2.75, 3.05) is 11.9 Å². The van der Waals surface area contributed by atoms with E-state index in [0.717, 1.165) is 0 Å². The summed E-state index contributed by atoms with van der Waals surface area (Å²) in [5.41, 5.74) is 1.12. The van der Waals surface area contributed by atoms with Gasteiger partial charge in [-0.3, -0.25) is 4.79 Å². The molecule has 0 fully saturated rings. The number of pyridine rings is 1. The molecule has 0 aliphatic carbocycles. The predicted octanol–water partition coefficient (Wildman–Crippen LogP) is 3.50. The Kier molecular flexibility index (Phi) is 4.52. The van der Waals surface area contributed by atoms with Crippen molar-refractivity contribution in [3.8, 4) is 5.75 Å². The first-order valence-electron chi connectivity index (χ1n) is 5.86. The average Bonchev–Trinajstić information content (AvgIpc) is 2.42. The van der Waals surface area contributed by atoms with Crippen molar-refractivity contribution in [3.05, 3.63) is 52.8 Å². The number of hydrogen-bond acceptors (Lipinski definition) is 3. The molecule has 4 nitrogen and oxygen atoms in total. The minimum absolute atomic E-state index is 0.224. The standard InChI is InChI=1S/C14H13BrN2O2/c1-2-19-12-8-4-3-6-10(12)14(18)17-11-7-5-9-16-13(11)15/h3-9H,2H2,1H3,(H,17,18). The van der Waals surface area contributed by atoms with Crippen molar-refractivity contribution >= 4 is 27.5 Å². The maximum absolute atomic E-state index is 12.2. The van der Waals surface area contributed by atoms with E-state index < -0.39 is 0 Å². The van der Waals surface area contributed by atoms with Gasteiger partial charge in [-0.25, -0.2) is 4.98 Å². The fourth-order valence-corrected chi connectivity index (χ4v) is 1.95. The predicted molar refractivity (Wildman–Crippen MR) is 77.5 cm³/mol. The van der Waals surface area contributed by atoms with E-state index in [-0.39, 0.29) is 5.91 Å². The first-order chi connectivity index (χ1) is 9.22. The third-order valence-electron chi connectivity index (χ3n) is 2.44. The van der Waals surface area contributed by atoms with Crippen molar-refractivity contribution in [2.24, 2.45) is 0 Å². The lowest BCUT2D eigenvalue weighted by atomic mass is 10.2. The molecule has 1 aromatic heterocycles. The SMILES string of the molecule is CCOc1ccccc1C(=O)Nc1cccnc1Br. The number of rotatable bonds is 4. The second kappa shape index (κ2) is 6.33. The third-order valence-corrected chi connectivity index (χ3v) is 3.07. The maximum atomic E-state index is 12.2. The smallest absolute Gasteiger partial charge is 0.259 e. The molecule has 2 rings (SSSR count). The second-order valence-corrected chi connectivity index (χ2v) is 4.48. The number of ether oxygens (including phenoxy) is 1. The summed E-state index contributed by atoms with van der Waals surface area (Å²) in [4.78, 5) is 16.3. The number of para-hydroxylation sites is 1. The highest BCUT2D eigenvalue weighted by molar-refractivity contribution is 9.10. The zero-order valence-corrected chi connectivity index (χ0v) is 12.0. The van der Waals surface area contributed by atoms with Gasteiger partial charge in [0.25, 0.3) is 5.91 Å². The molecule has 0 aliphatic rings. The number of aromatic nitrogens is 1. The first-order valence-corrected chi connectivity index (χ1v) is 6.65. The lowest BCUT2D eigenvalue weighted by Gasteiger charge is -2.10. The van der Waals surface area contributed by atoms with Crippen LogP contribution in [0.1, 0.15) is 17.3 Å². The molecule has 19 heavy (non-hydrogen) atoms. The number of carbonyl (C=O) groups excluding carboxylic acids is 1. The molecule has 1 N–H and O–H groups in total. The van der Waals surface area contributed by atoms with E-state index in [1.54, 1.807) is 36.5 Å². The highest BCUT2D eigenvalue weighted by Crippen LogP contribution is 2.22. The van der Waals surface area contributed by atoms with Gasteiger partial charge in [-0.15, -0.1) is 0 Å². The molecular weight excluding hydrogens is 308 g/mol. The van der Waals surface area contributed by atoms with Crippen LogP contribution < -0.4 is 10.1 Å². The van der Waals surface area contributed by atoms with Crippen LogP contribution in [-0.4, -0.2) is 17.5 Å². The largest absolute Gasteiger partial charge is 0.493 e. The fourth-order valence-electron chi connectivity index (χ4n) is 1.60. The van der Waals surface area contributed by atoms with Crippen LogP contribution in [0.2, 0.25) is 0 Å². The lowest BCUT2D eigenvalue weighted by Crippen LogP contribution is -2.14. The van der Waals surface area contributed by atoms with Crippen LogP contribution in [-0.2, 0) is 0 Å². The Morgan fingerprint density at radius 1 is 1.32 bits per heavy atom. The molecule has 1 heterocycles. The van der Waals surface area contributed by atoms with Gasteiger partial charge in [0.1, 0.15) is 10.4 Å². The molecule has 0 radical (unpaired) electrons. The summed E-state index contributed by atoms with van der Waals surface area (Å²) in [6.45, 7) is 2.40. The topological polar surface area (TPSA) is 51.2 Å². The monoisotopic (exact) mass is 320 g/mol. The van der Waals surface area contributed by atoms with Crippen LogP contribution in [0.3, 0.4) is 0 Å². The van der Waals surface area contributed by atoms with E-state index in [1.807, 2.05) is 13.0 Å². The van der Waals surface area contributed by atoms with Crippen molar-refractivity contribution in [1.82, 2.24) is 4.98 Å². The number of halogens is 1. The maximum Gasteiger partial charge on any atom is 0.259 e. The lowest BCUT2D eigenvalue weighted by molar-refractivity contribution is 0.102. The molecule has 0 saturated heterocycles. The van der Waals surface area contributed by atoms with Gasteiger partial charge in [-0.05, 0) is 47.1 Å². The summed E-state index contributed by atoms with van der Waals surface area (Å²) in [5.74, 6) is 0.347. The summed E-state index contributed by atoms with van der Waals surface area (Å²) < 4.78 is 6.03. The molecule has 1 aromatic carbocycles. The summed E-state index contributed by atoms with van der Waals surface area (Å²) >= 11 is 3.29. The minimum atomic E-state index is -0.224. The Hall–Kier alpha value is -1.88. The molecule has 0 spiro atoms. The molecular formula is C14H13BrN2O2. The number of hydrogen-bond donors (Lipinski definition) is 1. The summed E-state index contributed by atoms with van der Waals surface area (Å²) in [6, 6.07) is 10.7. The molecule has 0 unspecified atom stereocenters. The van der Waals surface area contributed by atoms with E-state index in [2.05, 4.69) is 26.2 Å². The molecule has 0 saturated carbocycles. The van der Waals surface area contributed by atoms with Crippen LogP contribution in [0.15, 0.2) is 47.2 Å². The Morgan fingerprint density at radius 3 is 2.84 bits per heavy atom. The zero-order valence-electron chi connectivity index (χ0n) is 10.4. The number of amides is 1. The molecule has 0 atom stereocenters. The van der Waals surface area contributed by atoms with Gasteiger partial charge in [0.15, 0.2) is 0 Å². The normalized spacial score (nSPS) is 10.0. The van der Waals surface area contributed by atoms with Gasteiger partial charge < -0.3 is 10.1 Å². The number of anilines is 1. The Bertz CT molecular complexity index is 587. The van der Waals surface area contributed by atoms with E-state index in [9.17, 15) is 4.79 Å². The number of nitrogens with zero attached hydrogens (tertiary/aromatic N) is 1. The number of benzene rings is 1. The Balaban J connectivity index is 2.23. The first kappa shape index (κ1) is 13.5. The second-order valence-electron chi connectivity index (χ2n) is 3.73. The van der Waals surface area contributed by atoms with Gasteiger partial charge in [-0.1, -0.05) is 12.1 Å². The molecule has 5 heteroatoms. The Labute approximate surface area is 119 Å². The average molecular weight is 321 g/mol. The summed E-state index contributed by atoms with van der Waals surface area (Å²) in [6.07, 6.45) is 1.65. The quantitative estimate of drug-likeness (QED) is 0.877. The van der Waals surface area contributed by atoms with Crippen LogP contribution in [0.4, 0.5) is 5.69 Å². The Morgan fingerprint density at radius 2 is 2.11 bits per heavy atom. The van der Waals surface area contributed by atoms with Gasteiger partial charge in [-0.2, -0.15) is 0 Å². The van der Waals surface area contributed by atoms with Crippen molar-refractivity contribution < 1.29 is 9.53 Å². The van der Waals surface area contributed by atoms with Gasteiger partial charge in [0.2, 0.25) is 0 Å². The minimum Gasteiger partial charge on any atom is -0.493 e. The van der Waals surface area contributed by atoms with E-state index in [1.165, 1.54) is 0 Å². The highest BCUT2D eigenvalue weighted by atomic mass is 79.9. The van der Waals surface area contributed by atoms with Crippen LogP contribution in [0.5, 0.6) is 5.75 Å². The van der Waals surface area contributed by atoms with Crippen LogP contribution in [0.25, 0.3) is 0 Å². The van der Waals surface area contributed by atoms with E-state index in [0.29, 0.717) is 28.2 Å². The number of nitrogens with one attached hydrogen (secondary N) is 1. The molecule has 98 valence electrons. The van der Waals surface area contributed by atoms with Crippen LogP contribution in [0, 0.1) is 0 Å². The summed E-state index contributed by atoms with van der Waals surface area (Å²) in [5, 5.41) is 2.80. The van der Waals surface area contributed by atoms with Gasteiger partial charge in [0.05, 0.1) is 17.9 Å². The van der Waals surface area contributed by atoms with Gasteiger partial charge >= 0.3 is 0 Å². The van der Waals surface area contributed by atoms with Gasteiger partial charge in [0, 0.05) is 6.20 Å². The van der Waals surface area contributed by atoms with E-state index >= 15 is 0 Å². The van der Waals surface area contributed by atoms with Crippen molar-refractivity contribution in [1.29, 1.82) is 0 Å². The fraction of sp³-hybridized carbons (Fsp3) is 0.143. The molecule has 0 bridgehead atoms. The zero-order chi connectivity index (χ0) is 13.7. The highest BCUT2D eigenvalue weighted by Gasteiger charge is 2.13. The van der Waals surface area contributed by atoms with Crippen molar-refractivity contribution in [3.63, 3.8) is 0 Å². The van der Waals surface area contributed by atoms with E-state index in [4.69, 9.17) is 4.74 Å².